The Labute approximate surface area is 100 Å². The third-order valence-corrected chi connectivity index (χ3v) is 3.07. The van der Waals surface area contributed by atoms with Crippen molar-refractivity contribution >= 4 is 5.69 Å². The smallest absolute Gasteiger partial charge is 0.265 e. The zero-order valence-corrected chi connectivity index (χ0v) is 10.2. The topological polar surface area (TPSA) is 12.5 Å². The Morgan fingerprint density at radius 2 is 2.12 bits per heavy atom. The predicted octanol–water partition coefficient (Wildman–Crippen LogP) is 3.24. The summed E-state index contributed by atoms with van der Waals surface area (Å²) in [5.41, 5.74) is 1.82. The van der Waals surface area contributed by atoms with Crippen LogP contribution in [0.2, 0.25) is 0 Å². The van der Waals surface area contributed by atoms with Crippen molar-refractivity contribution < 1.29 is 13.5 Å². The number of benzene rings is 1. The summed E-state index contributed by atoms with van der Waals surface area (Å²) < 4.78 is 32.0. The fraction of sp³-hybridized carbons (Fsp3) is 0.538. The van der Waals surface area contributed by atoms with Crippen molar-refractivity contribution in [2.24, 2.45) is 0 Å². The summed E-state index contributed by atoms with van der Waals surface area (Å²) in [5.74, 6) is -1.93. The number of nitrogens with zero attached hydrogens (tertiary/aromatic N) is 1. The number of halogens is 2. The summed E-state index contributed by atoms with van der Waals surface area (Å²) in [6, 6.07) is 5.65. The largest absolute Gasteiger partial charge is 0.495 e. The van der Waals surface area contributed by atoms with Crippen LogP contribution in [-0.4, -0.2) is 26.1 Å². The molecule has 0 spiro atoms. The average Bonchev–Trinajstić information content (AvgIpc) is 2.27. The maximum Gasteiger partial charge on any atom is 0.265 e. The van der Waals surface area contributed by atoms with E-state index in [1.807, 2.05) is 25.1 Å². The molecule has 1 saturated heterocycles. The van der Waals surface area contributed by atoms with E-state index in [-0.39, 0.29) is 13.0 Å². The van der Waals surface area contributed by atoms with Crippen LogP contribution in [0.5, 0.6) is 5.75 Å². The SMILES string of the molecule is COc1ccc(C)cc1N1CCCC(F)(F)C1. The Kier molecular flexibility index (Phi) is 3.22. The molecule has 17 heavy (non-hydrogen) atoms. The minimum Gasteiger partial charge on any atom is -0.495 e. The van der Waals surface area contributed by atoms with E-state index in [0.29, 0.717) is 18.7 Å². The molecule has 1 aromatic carbocycles. The second-order valence-corrected chi connectivity index (χ2v) is 4.56. The van der Waals surface area contributed by atoms with E-state index < -0.39 is 5.92 Å². The minimum absolute atomic E-state index is 0.0162. The summed E-state index contributed by atoms with van der Waals surface area (Å²) in [4.78, 5) is 1.72. The van der Waals surface area contributed by atoms with Crippen LogP contribution in [0, 0.1) is 6.92 Å². The molecule has 1 aliphatic rings. The highest BCUT2D eigenvalue weighted by atomic mass is 19.3. The summed E-state index contributed by atoms with van der Waals surface area (Å²) in [5, 5.41) is 0. The lowest BCUT2D eigenvalue weighted by Crippen LogP contribution is -2.42. The second kappa shape index (κ2) is 4.51. The van der Waals surface area contributed by atoms with Gasteiger partial charge in [-0.25, -0.2) is 8.78 Å². The van der Waals surface area contributed by atoms with Gasteiger partial charge in [-0.1, -0.05) is 6.07 Å². The monoisotopic (exact) mass is 241 g/mol. The quantitative estimate of drug-likeness (QED) is 0.788. The summed E-state index contributed by atoms with van der Waals surface area (Å²) in [6.07, 6.45) is 0.502. The zero-order valence-electron chi connectivity index (χ0n) is 10.2. The van der Waals surface area contributed by atoms with Crippen LogP contribution in [0.3, 0.4) is 0 Å². The van der Waals surface area contributed by atoms with Crippen LogP contribution < -0.4 is 9.64 Å². The fourth-order valence-corrected chi connectivity index (χ4v) is 2.22. The van der Waals surface area contributed by atoms with E-state index >= 15 is 0 Å². The molecule has 1 fully saturated rings. The first-order valence-electron chi connectivity index (χ1n) is 5.79. The first-order valence-corrected chi connectivity index (χ1v) is 5.79. The number of piperidine rings is 1. The number of alkyl halides is 2. The molecule has 0 saturated carbocycles. The van der Waals surface area contributed by atoms with Gasteiger partial charge in [-0.2, -0.15) is 0 Å². The van der Waals surface area contributed by atoms with Gasteiger partial charge in [0.15, 0.2) is 0 Å². The van der Waals surface area contributed by atoms with Gasteiger partial charge < -0.3 is 9.64 Å². The van der Waals surface area contributed by atoms with Gasteiger partial charge in [0.2, 0.25) is 0 Å². The molecule has 1 aromatic rings. The van der Waals surface area contributed by atoms with Crippen molar-refractivity contribution in [3.63, 3.8) is 0 Å². The van der Waals surface area contributed by atoms with E-state index in [0.717, 1.165) is 11.3 Å². The molecule has 4 heteroatoms. The van der Waals surface area contributed by atoms with Gasteiger partial charge in [-0.3, -0.25) is 0 Å². The standard InChI is InChI=1S/C13H17F2NO/c1-10-4-5-12(17-2)11(8-10)16-7-3-6-13(14,15)9-16/h4-5,8H,3,6-7,9H2,1-2H3. The number of hydrogen-bond acceptors (Lipinski definition) is 2. The molecule has 0 radical (unpaired) electrons. The lowest BCUT2D eigenvalue weighted by molar-refractivity contribution is -0.0117. The van der Waals surface area contributed by atoms with Crippen molar-refractivity contribution in [2.75, 3.05) is 25.1 Å². The van der Waals surface area contributed by atoms with Gasteiger partial charge in [0.1, 0.15) is 5.75 Å². The molecule has 2 nitrogen and oxygen atoms in total. The van der Waals surface area contributed by atoms with E-state index in [9.17, 15) is 8.78 Å². The van der Waals surface area contributed by atoms with E-state index in [2.05, 4.69) is 0 Å². The van der Waals surface area contributed by atoms with E-state index in [4.69, 9.17) is 4.74 Å². The van der Waals surface area contributed by atoms with Crippen LogP contribution in [0.15, 0.2) is 18.2 Å². The zero-order chi connectivity index (χ0) is 12.5. The van der Waals surface area contributed by atoms with Gasteiger partial charge in [0.25, 0.3) is 5.92 Å². The van der Waals surface area contributed by atoms with Gasteiger partial charge in [-0.15, -0.1) is 0 Å². The summed E-state index contributed by atoms with van der Waals surface area (Å²) in [6.45, 7) is 2.40. The first-order chi connectivity index (χ1) is 8.02. The lowest BCUT2D eigenvalue weighted by atomic mass is 10.1. The van der Waals surface area contributed by atoms with Gasteiger partial charge >= 0.3 is 0 Å². The van der Waals surface area contributed by atoms with Gasteiger partial charge in [-0.05, 0) is 31.0 Å². The van der Waals surface area contributed by atoms with E-state index in [1.54, 1.807) is 12.0 Å². The highest BCUT2D eigenvalue weighted by Gasteiger charge is 2.35. The van der Waals surface area contributed by atoms with Crippen LogP contribution in [0.25, 0.3) is 0 Å². The van der Waals surface area contributed by atoms with Crippen molar-refractivity contribution in [1.29, 1.82) is 0 Å². The van der Waals surface area contributed by atoms with Gasteiger partial charge in [0, 0.05) is 13.0 Å². The molecule has 0 amide bonds. The molecule has 94 valence electrons. The molecule has 0 aromatic heterocycles. The van der Waals surface area contributed by atoms with Gasteiger partial charge in [0.05, 0.1) is 19.3 Å². The molecule has 0 aliphatic carbocycles. The Morgan fingerprint density at radius 3 is 2.76 bits per heavy atom. The third kappa shape index (κ3) is 2.68. The molecule has 2 rings (SSSR count). The van der Waals surface area contributed by atoms with Crippen molar-refractivity contribution in [3.8, 4) is 5.75 Å². The summed E-state index contributed by atoms with van der Waals surface area (Å²) in [7, 11) is 1.57. The first kappa shape index (κ1) is 12.1. The molecular formula is C13H17F2NO. The Bertz CT molecular complexity index is 406. The van der Waals surface area contributed by atoms with Crippen LogP contribution in [-0.2, 0) is 0 Å². The normalized spacial score (nSPS) is 19.2. The Balaban J connectivity index is 2.29. The van der Waals surface area contributed by atoms with Crippen molar-refractivity contribution in [2.45, 2.75) is 25.7 Å². The Morgan fingerprint density at radius 1 is 1.35 bits per heavy atom. The number of methoxy groups -OCH3 is 1. The maximum absolute atomic E-state index is 13.4. The van der Waals surface area contributed by atoms with Crippen molar-refractivity contribution in [3.05, 3.63) is 23.8 Å². The maximum atomic E-state index is 13.4. The van der Waals surface area contributed by atoms with E-state index in [1.165, 1.54) is 0 Å². The number of hydrogen-bond donors (Lipinski definition) is 0. The molecule has 0 unspecified atom stereocenters. The van der Waals surface area contributed by atoms with Crippen LogP contribution in [0.1, 0.15) is 18.4 Å². The molecule has 1 aliphatic heterocycles. The summed E-state index contributed by atoms with van der Waals surface area (Å²) >= 11 is 0. The molecular weight excluding hydrogens is 224 g/mol. The fourth-order valence-electron chi connectivity index (χ4n) is 2.22. The highest BCUT2D eigenvalue weighted by molar-refractivity contribution is 5.60. The van der Waals surface area contributed by atoms with Crippen LogP contribution in [0.4, 0.5) is 14.5 Å². The number of ether oxygens (including phenoxy) is 1. The minimum atomic E-state index is -2.59. The number of aryl methyl sites for hydroxylation is 1. The molecule has 0 N–H and O–H groups in total. The highest BCUT2D eigenvalue weighted by Crippen LogP contribution is 2.35. The molecule has 0 bridgehead atoms. The third-order valence-electron chi connectivity index (χ3n) is 3.07. The van der Waals surface area contributed by atoms with Crippen molar-refractivity contribution in [1.82, 2.24) is 0 Å². The molecule has 1 heterocycles. The van der Waals surface area contributed by atoms with Crippen LogP contribution >= 0.6 is 0 Å². The number of rotatable bonds is 2. The lowest BCUT2D eigenvalue weighted by Gasteiger charge is -2.34. The average molecular weight is 241 g/mol. The second-order valence-electron chi connectivity index (χ2n) is 4.56. The molecule has 0 atom stereocenters. The number of anilines is 1. The Hall–Kier alpha value is -1.32. The predicted molar refractivity (Wildman–Crippen MR) is 64.1 cm³/mol.